The highest BCUT2D eigenvalue weighted by molar-refractivity contribution is 5.80. The third-order valence-electron chi connectivity index (χ3n) is 4.84. The molecule has 0 bridgehead atoms. The fourth-order valence-corrected chi connectivity index (χ4v) is 3.17. The number of likely N-dealkylation sites (tertiary alicyclic amines) is 1. The Morgan fingerprint density at radius 2 is 2.04 bits per heavy atom. The third-order valence-corrected chi connectivity index (χ3v) is 4.84. The molecule has 0 unspecified atom stereocenters. The number of hydrogen-bond donors (Lipinski definition) is 2. The number of guanidine groups is 1. The molecule has 25 heavy (non-hydrogen) atoms. The molecule has 1 aromatic carbocycles. The number of aliphatic hydroxyl groups is 1. The molecule has 1 aromatic rings. The molecule has 0 radical (unpaired) electrons. The number of para-hydroxylation sites is 1. The SMILES string of the molecule is CCNC(=NCC1(CO)COC1)N1CCC(Oc2ccccc2)CC1. The second-order valence-electron chi connectivity index (χ2n) is 6.94. The summed E-state index contributed by atoms with van der Waals surface area (Å²) in [6.07, 6.45) is 2.21. The van der Waals surface area contributed by atoms with E-state index in [4.69, 9.17) is 14.5 Å². The molecule has 6 heteroatoms. The number of piperidine rings is 1. The molecule has 2 saturated heterocycles. The molecule has 3 rings (SSSR count). The number of aliphatic hydroxyl groups excluding tert-OH is 1. The summed E-state index contributed by atoms with van der Waals surface area (Å²) in [5, 5.41) is 12.9. The van der Waals surface area contributed by atoms with E-state index in [-0.39, 0.29) is 18.1 Å². The minimum Gasteiger partial charge on any atom is -0.490 e. The van der Waals surface area contributed by atoms with E-state index in [1.807, 2.05) is 30.3 Å². The first-order chi connectivity index (χ1) is 12.2. The van der Waals surface area contributed by atoms with Gasteiger partial charge in [0.05, 0.1) is 31.8 Å². The second kappa shape index (κ2) is 8.54. The summed E-state index contributed by atoms with van der Waals surface area (Å²) in [5.41, 5.74) is -0.185. The first kappa shape index (κ1) is 18.0. The number of rotatable bonds is 6. The minimum absolute atomic E-state index is 0.128. The molecule has 0 atom stereocenters. The van der Waals surface area contributed by atoms with Gasteiger partial charge >= 0.3 is 0 Å². The van der Waals surface area contributed by atoms with Crippen LogP contribution in [-0.4, -0.2) is 68.1 Å². The molecule has 2 aliphatic rings. The van der Waals surface area contributed by atoms with E-state index in [2.05, 4.69) is 17.1 Å². The number of nitrogens with zero attached hydrogens (tertiary/aromatic N) is 2. The van der Waals surface area contributed by atoms with E-state index in [9.17, 15) is 5.11 Å². The van der Waals surface area contributed by atoms with Gasteiger partial charge in [-0.15, -0.1) is 0 Å². The van der Waals surface area contributed by atoms with E-state index >= 15 is 0 Å². The van der Waals surface area contributed by atoms with Gasteiger partial charge in [0.25, 0.3) is 0 Å². The van der Waals surface area contributed by atoms with Crippen molar-refractivity contribution in [2.24, 2.45) is 10.4 Å². The highest BCUT2D eigenvalue weighted by Crippen LogP contribution is 2.27. The van der Waals surface area contributed by atoms with Gasteiger partial charge in [-0.2, -0.15) is 0 Å². The van der Waals surface area contributed by atoms with Crippen LogP contribution >= 0.6 is 0 Å². The fraction of sp³-hybridized carbons (Fsp3) is 0.632. The summed E-state index contributed by atoms with van der Waals surface area (Å²) in [6, 6.07) is 10.0. The Balaban J connectivity index is 1.53. The lowest BCUT2D eigenvalue weighted by molar-refractivity contribution is -0.130. The van der Waals surface area contributed by atoms with Crippen LogP contribution in [-0.2, 0) is 4.74 Å². The molecule has 2 heterocycles. The van der Waals surface area contributed by atoms with Gasteiger partial charge in [-0.05, 0) is 19.1 Å². The van der Waals surface area contributed by atoms with Crippen LogP contribution in [0.5, 0.6) is 5.75 Å². The molecule has 6 nitrogen and oxygen atoms in total. The maximum Gasteiger partial charge on any atom is 0.193 e. The maximum absolute atomic E-state index is 9.56. The topological polar surface area (TPSA) is 66.3 Å². The monoisotopic (exact) mass is 347 g/mol. The number of aliphatic imine (C=N–C) groups is 1. The summed E-state index contributed by atoms with van der Waals surface area (Å²) < 4.78 is 11.3. The largest absolute Gasteiger partial charge is 0.490 e. The zero-order chi connectivity index (χ0) is 17.5. The smallest absolute Gasteiger partial charge is 0.193 e. The lowest BCUT2D eigenvalue weighted by atomic mass is 9.87. The van der Waals surface area contributed by atoms with Crippen molar-refractivity contribution in [1.29, 1.82) is 0 Å². The zero-order valence-electron chi connectivity index (χ0n) is 15.0. The van der Waals surface area contributed by atoms with Crippen LogP contribution < -0.4 is 10.1 Å². The molecule has 2 aliphatic heterocycles. The van der Waals surface area contributed by atoms with Gasteiger partial charge in [0.1, 0.15) is 11.9 Å². The fourth-order valence-electron chi connectivity index (χ4n) is 3.17. The molecule has 2 fully saturated rings. The first-order valence-electron chi connectivity index (χ1n) is 9.18. The third kappa shape index (κ3) is 4.64. The lowest BCUT2D eigenvalue weighted by Gasteiger charge is -2.39. The van der Waals surface area contributed by atoms with Gasteiger partial charge in [0.2, 0.25) is 0 Å². The van der Waals surface area contributed by atoms with Crippen LogP contribution in [0.25, 0.3) is 0 Å². The van der Waals surface area contributed by atoms with Crippen molar-refractivity contribution < 1.29 is 14.6 Å². The summed E-state index contributed by atoms with van der Waals surface area (Å²) >= 11 is 0. The maximum atomic E-state index is 9.56. The predicted octanol–water partition coefficient (Wildman–Crippen LogP) is 1.50. The van der Waals surface area contributed by atoms with Gasteiger partial charge in [-0.3, -0.25) is 4.99 Å². The Morgan fingerprint density at radius 1 is 1.32 bits per heavy atom. The molecular formula is C19H29N3O3. The Bertz CT molecular complexity index is 547. The van der Waals surface area contributed by atoms with E-state index in [0.717, 1.165) is 44.2 Å². The average molecular weight is 347 g/mol. The van der Waals surface area contributed by atoms with Crippen LogP contribution in [0.2, 0.25) is 0 Å². The molecule has 0 spiro atoms. The molecule has 138 valence electrons. The Morgan fingerprint density at radius 3 is 2.60 bits per heavy atom. The summed E-state index contributed by atoms with van der Waals surface area (Å²) in [5.74, 6) is 1.87. The quantitative estimate of drug-likeness (QED) is 0.603. The minimum atomic E-state index is -0.185. The zero-order valence-corrected chi connectivity index (χ0v) is 15.0. The van der Waals surface area contributed by atoms with Crippen LogP contribution in [0.4, 0.5) is 0 Å². The molecule has 0 aliphatic carbocycles. The van der Waals surface area contributed by atoms with Gasteiger partial charge in [0, 0.05) is 32.5 Å². The van der Waals surface area contributed by atoms with Gasteiger partial charge in [-0.25, -0.2) is 0 Å². The second-order valence-corrected chi connectivity index (χ2v) is 6.94. The van der Waals surface area contributed by atoms with E-state index in [1.54, 1.807) is 0 Å². The van der Waals surface area contributed by atoms with Crippen LogP contribution in [0.3, 0.4) is 0 Å². The normalized spacial score (nSPS) is 20.9. The van der Waals surface area contributed by atoms with E-state index in [1.165, 1.54) is 0 Å². The molecular weight excluding hydrogens is 318 g/mol. The van der Waals surface area contributed by atoms with Crippen molar-refractivity contribution in [2.75, 3.05) is 46.0 Å². The van der Waals surface area contributed by atoms with Crippen molar-refractivity contribution in [3.63, 3.8) is 0 Å². The Labute approximate surface area is 149 Å². The molecule has 2 N–H and O–H groups in total. The van der Waals surface area contributed by atoms with Crippen LogP contribution in [0.15, 0.2) is 35.3 Å². The number of nitrogens with one attached hydrogen (secondary N) is 1. The van der Waals surface area contributed by atoms with Crippen molar-refractivity contribution >= 4 is 5.96 Å². The number of benzene rings is 1. The van der Waals surface area contributed by atoms with Crippen LogP contribution in [0, 0.1) is 5.41 Å². The standard InChI is InChI=1S/C19H29N3O3/c1-2-20-18(21-12-19(13-23)14-24-15-19)22-10-8-17(9-11-22)25-16-6-4-3-5-7-16/h3-7,17,23H,2,8-15H2,1H3,(H,20,21). The van der Waals surface area contributed by atoms with Gasteiger partial charge in [0.15, 0.2) is 5.96 Å². The first-order valence-corrected chi connectivity index (χ1v) is 9.18. The van der Waals surface area contributed by atoms with Crippen molar-refractivity contribution in [1.82, 2.24) is 10.2 Å². The Kier molecular flexibility index (Phi) is 6.15. The number of ether oxygens (including phenoxy) is 2. The Hall–Kier alpha value is -1.79. The lowest BCUT2D eigenvalue weighted by Crippen LogP contribution is -2.51. The summed E-state index contributed by atoms with van der Waals surface area (Å²) in [6.45, 7) is 6.68. The van der Waals surface area contributed by atoms with Crippen molar-refractivity contribution in [2.45, 2.75) is 25.9 Å². The average Bonchev–Trinajstić information content (AvgIpc) is 2.62. The summed E-state index contributed by atoms with van der Waals surface area (Å²) in [4.78, 5) is 7.05. The van der Waals surface area contributed by atoms with Gasteiger partial charge < -0.3 is 24.8 Å². The highest BCUT2D eigenvalue weighted by atomic mass is 16.5. The van der Waals surface area contributed by atoms with Gasteiger partial charge in [-0.1, -0.05) is 18.2 Å². The molecule has 0 saturated carbocycles. The number of hydrogen-bond acceptors (Lipinski definition) is 4. The highest BCUT2D eigenvalue weighted by Gasteiger charge is 2.38. The van der Waals surface area contributed by atoms with E-state index in [0.29, 0.717) is 19.8 Å². The molecule has 0 amide bonds. The van der Waals surface area contributed by atoms with Crippen molar-refractivity contribution in [3.05, 3.63) is 30.3 Å². The molecule has 0 aromatic heterocycles. The van der Waals surface area contributed by atoms with Crippen molar-refractivity contribution in [3.8, 4) is 5.75 Å². The predicted molar refractivity (Wildman–Crippen MR) is 98.0 cm³/mol. The van der Waals surface area contributed by atoms with E-state index < -0.39 is 0 Å². The summed E-state index contributed by atoms with van der Waals surface area (Å²) in [7, 11) is 0. The van der Waals surface area contributed by atoms with Crippen LogP contribution in [0.1, 0.15) is 19.8 Å².